The van der Waals surface area contributed by atoms with Crippen molar-refractivity contribution in [2.24, 2.45) is 0 Å². The van der Waals surface area contributed by atoms with E-state index in [1.165, 1.54) is 24.8 Å². The molecule has 2 aromatic heterocycles. The molecular weight excluding hydrogens is 492 g/mol. The first-order valence-electron chi connectivity index (χ1n) is 13.9. The molecule has 1 N–H and O–H groups in total. The summed E-state index contributed by atoms with van der Waals surface area (Å²) in [5.74, 6) is 2.06. The zero-order valence-corrected chi connectivity index (χ0v) is 23.2. The van der Waals surface area contributed by atoms with Crippen LogP contribution in [-0.2, 0) is 16.0 Å². The van der Waals surface area contributed by atoms with E-state index in [2.05, 4.69) is 50.2 Å². The topological polar surface area (TPSA) is 94.8 Å². The highest BCUT2D eigenvalue weighted by Gasteiger charge is 2.26. The molecule has 3 aromatic rings. The fraction of sp³-hybridized carbons (Fsp3) is 0.467. The molecule has 2 amide bonds. The predicted octanol–water partition coefficient (Wildman–Crippen LogP) is 3.79. The van der Waals surface area contributed by atoms with Gasteiger partial charge in [0.15, 0.2) is 0 Å². The number of hydrogen-bond acceptors (Lipinski definition) is 7. The number of carbonyl (C=O) groups excluding carboxylic acids is 2. The normalized spacial score (nSPS) is 16.7. The molecule has 9 nitrogen and oxygen atoms in total. The number of nitrogens with one attached hydrogen (secondary N) is 1. The second kappa shape index (κ2) is 11.9. The van der Waals surface area contributed by atoms with Crippen LogP contribution in [0.5, 0.6) is 0 Å². The van der Waals surface area contributed by atoms with Gasteiger partial charge in [-0.15, -0.1) is 0 Å². The lowest BCUT2D eigenvalue weighted by Crippen LogP contribution is -2.48. The lowest BCUT2D eigenvalue weighted by molar-refractivity contribution is -0.129. The molecule has 4 heterocycles. The van der Waals surface area contributed by atoms with Crippen molar-refractivity contribution in [3.8, 4) is 0 Å². The van der Waals surface area contributed by atoms with Crippen LogP contribution in [0, 0.1) is 13.8 Å². The van der Waals surface area contributed by atoms with E-state index < -0.39 is 6.04 Å². The van der Waals surface area contributed by atoms with Crippen LogP contribution in [0.2, 0.25) is 0 Å². The Morgan fingerprint density at radius 3 is 2.41 bits per heavy atom. The molecule has 2 aliphatic heterocycles. The van der Waals surface area contributed by atoms with Gasteiger partial charge in [-0.2, -0.15) is 0 Å². The first-order chi connectivity index (χ1) is 18.9. The van der Waals surface area contributed by atoms with Crippen LogP contribution < -0.4 is 15.1 Å². The quantitative estimate of drug-likeness (QED) is 0.497. The number of aromatic nitrogens is 2. The molecule has 0 radical (unpaired) electrons. The number of carbonyl (C=O) groups is 2. The largest absolute Gasteiger partial charge is 0.464 e. The zero-order chi connectivity index (χ0) is 27.4. The number of hydrogen-bond donors (Lipinski definition) is 1. The number of rotatable bonds is 7. The average molecular weight is 531 g/mol. The molecule has 0 saturated carbocycles. The molecule has 0 spiro atoms. The molecule has 9 heteroatoms. The van der Waals surface area contributed by atoms with Gasteiger partial charge in [-0.3, -0.25) is 9.59 Å². The van der Waals surface area contributed by atoms with Crippen molar-refractivity contribution in [2.45, 2.75) is 52.5 Å². The van der Waals surface area contributed by atoms with Gasteiger partial charge >= 0.3 is 0 Å². The van der Waals surface area contributed by atoms with Gasteiger partial charge in [0, 0.05) is 63.6 Å². The second-order valence-electron chi connectivity index (χ2n) is 10.6. The standard InChI is InChI=1S/C30H38N6O3/c1-21-7-9-25(26(19-21)35-13-5-4-6-14-35)29(27-10-8-22(2)39-27)33-28(38)20-24-11-12-31-30(32-24)36-17-15-34(16-18-36)23(3)37/h7-12,19,29H,4-6,13-18,20H2,1-3H3,(H,33,38). The van der Waals surface area contributed by atoms with Crippen molar-refractivity contribution >= 4 is 23.5 Å². The number of anilines is 2. The van der Waals surface area contributed by atoms with Crippen molar-refractivity contribution < 1.29 is 14.0 Å². The molecule has 206 valence electrons. The molecule has 1 unspecified atom stereocenters. The van der Waals surface area contributed by atoms with Crippen LogP contribution in [0.1, 0.15) is 60.6 Å². The van der Waals surface area contributed by atoms with Crippen molar-refractivity contribution in [3.63, 3.8) is 0 Å². The van der Waals surface area contributed by atoms with Gasteiger partial charge in [0.1, 0.15) is 17.6 Å². The van der Waals surface area contributed by atoms with Crippen LogP contribution in [0.25, 0.3) is 0 Å². The van der Waals surface area contributed by atoms with Crippen molar-refractivity contribution in [1.29, 1.82) is 0 Å². The smallest absolute Gasteiger partial charge is 0.226 e. The van der Waals surface area contributed by atoms with Crippen LogP contribution in [-0.4, -0.2) is 66.0 Å². The van der Waals surface area contributed by atoms with Crippen molar-refractivity contribution in [3.05, 3.63) is 70.9 Å². The fourth-order valence-corrected chi connectivity index (χ4v) is 5.45. The maximum Gasteiger partial charge on any atom is 0.226 e. The van der Waals surface area contributed by atoms with E-state index in [4.69, 9.17) is 4.42 Å². The maximum absolute atomic E-state index is 13.5. The molecular formula is C30H38N6O3. The lowest BCUT2D eigenvalue weighted by atomic mass is 9.98. The Labute approximate surface area is 230 Å². The van der Waals surface area contributed by atoms with E-state index >= 15 is 0 Å². The first kappa shape index (κ1) is 26.7. The lowest BCUT2D eigenvalue weighted by Gasteiger charge is -2.34. The third-order valence-electron chi connectivity index (χ3n) is 7.59. The SMILES string of the molecule is CC(=O)N1CCN(c2nccc(CC(=O)NC(c3ccc(C)o3)c3ccc(C)cc3N3CCCCC3)n2)CC1. The van der Waals surface area contributed by atoms with Crippen LogP contribution in [0.15, 0.2) is 47.0 Å². The van der Waals surface area contributed by atoms with Gasteiger partial charge < -0.3 is 24.4 Å². The molecule has 1 aromatic carbocycles. The minimum atomic E-state index is -0.412. The van der Waals surface area contributed by atoms with E-state index in [0.29, 0.717) is 37.8 Å². The van der Waals surface area contributed by atoms with E-state index in [0.717, 1.165) is 35.9 Å². The Balaban J connectivity index is 1.35. The summed E-state index contributed by atoms with van der Waals surface area (Å²) in [5.41, 5.74) is 4.04. The average Bonchev–Trinajstić information content (AvgIpc) is 3.38. The summed E-state index contributed by atoms with van der Waals surface area (Å²) in [6.45, 7) is 10.3. The van der Waals surface area contributed by atoms with Gasteiger partial charge in [-0.25, -0.2) is 9.97 Å². The molecule has 0 aliphatic carbocycles. The summed E-state index contributed by atoms with van der Waals surface area (Å²) < 4.78 is 6.05. The Morgan fingerprint density at radius 1 is 0.949 bits per heavy atom. The van der Waals surface area contributed by atoms with Gasteiger partial charge in [0.25, 0.3) is 0 Å². The van der Waals surface area contributed by atoms with E-state index in [1.807, 2.05) is 24.0 Å². The van der Waals surface area contributed by atoms with Crippen LogP contribution in [0.3, 0.4) is 0 Å². The summed E-state index contributed by atoms with van der Waals surface area (Å²) in [6, 6.07) is 11.7. The summed E-state index contributed by atoms with van der Waals surface area (Å²) in [4.78, 5) is 40.6. The van der Waals surface area contributed by atoms with Gasteiger partial charge in [0.05, 0.1) is 12.1 Å². The van der Waals surface area contributed by atoms with Crippen LogP contribution >= 0.6 is 0 Å². The summed E-state index contributed by atoms with van der Waals surface area (Å²) in [7, 11) is 0. The number of piperidine rings is 1. The maximum atomic E-state index is 13.5. The molecule has 2 fully saturated rings. The third-order valence-corrected chi connectivity index (χ3v) is 7.59. The number of nitrogens with zero attached hydrogens (tertiary/aromatic N) is 5. The van der Waals surface area contributed by atoms with Crippen molar-refractivity contribution in [2.75, 3.05) is 49.1 Å². The molecule has 5 rings (SSSR count). The molecule has 0 bridgehead atoms. The Bertz CT molecular complexity index is 1310. The van der Waals surface area contributed by atoms with E-state index in [-0.39, 0.29) is 18.2 Å². The van der Waals surface area contributed by atoms with Gasteiger partial charge in [-0.1, -0.05) is 12.1 Å². The number of amides is 2. The Kier molecular flexibility index (Phi) is 8.14. The number of furan rings is 1. The van der Waals surface area contributed by atoms with Gasteiger partial charge in [0.2, 0.25) is 17.8 Å². The number of aryl methyl sites for hydroxylation is 2. The van der Waals surface area contributed by atoms with E-state index in [9.17, 15) is 9.59 Å². The Morgan fingerprint density at radius 2 is 1.72 bits per heavy atom. The fourth-order valence-electron chi connectivity index (χ4n) is 5.45. The molecule has 2 aliphatic rings. The highest BCUT2D eigenvalue weighted by atomic mass is 16.3. The minimum Gasteiger partial charge on any atom is -0.464 e. The number of piperazine rings is 1. The molecule has 2 saturated heterocycles. The highest BCUT2D eigenvalue weighted by Crippen LogP contribution is 2.34. The van der Waals surface area contributed by atoms with E-state index in [1.54, 1.807) is 19.2 Å². The predicted molar refractivity (Wildman–Crippen MR) is 151 cm³/mol. The second-order valence-corrected chi connectivity index (χ2v) is 10.6. The van der Waals surface area contributed by atoms with Crippen LogP contribution in [0.4, 0.5) is 11.6 Å². The Hall–Kier alpha value is -3.88. The zero-order valence-electron chi connectivity index (χ0n) is 23.2. The third kappa shape index (κ3) is 6.41. The molecule has 1 atom stereocenters. The first-order valence-corrected chi connectivity index (χ1v) is 13.9. The summed E-state index contributed by atoms with van der Waals surface area (Å²) in [5, 5.41) is 3.25. The van der Waals surface area contributed by atoms with Gasteiger partial charge in [-0.05, 0) is 62.9 Å². The minimum absolute atomic E-state index is 0.0827. The summed E-state index contributed by atoms with van der Waals surface area (Å²) in [6.07, 6.45) is 5.42. The van der Waals surface area contributed by atoms with Crippen molar-refractivity contribution in [1.82, 2.24) is 20.2 Å². The monoisotopic (exact) mass is 530 g/mol. The molecule has 39 heavy (non-hydrogen) atoms. The summed E-state index contributed by atoms with van der Waals surface area (Å²) >= 11 is 0. The highest BCUT2D eigenvalue weighted by molar-refractivity contribution is 5.79. The number of benzene rings is 1.